The minimum atomic E-state index is -5.12. The molecule has 3 heterocycles. The third-order valence-corrected chi connectivity index (χ3v) is 8.17. The number of pyridine rings is 1. The zero-order valence-electron chi connectivity index (χ0n) is 21.7. The molecular formula is C29H21F4N3O5S. The average molecular weight is 600 g/mol. The van der Waals surface area contributed by atoms with Gasteiger partial charge in [0.2, 0.25) is 0 Å². The van der Waals surface area contributed by atoms with Crippen molar-refractivity contribution in [3.8, 4) is 22.9 Å². The summed E-state index contributed by atoms with van der Waals surface area (Å²) in [5, 5.41) is 10.3. The Kier molecular flexibility index (Phi) is 6.70. The first kappa shape index (κ1) is 27.7. The minimum Gasteiger partial charge on any atom is -0.483 e. The molecule has 0 amide bonds. The van der Waals surface area contributed by atoms with Crippen molar-refractivity contribution in [1.82, 2.24) is 9.55 Å². The molecule has 5 aromatic rings. The third-order valence-electron chi connectivity index (χ3n) is 7.35. The monoisotopic (exact) mass is 599 g/mol. The second kappa shape index (κ2) is 10.1. The lowest BCUT2D eigenvalue weighted by atomic mass is 9.99. The molecule has 0 radical (unpaired) electrons. The van der Waals surface area contributed by atoms with E-state index in [1.807, 2.05) is 4.57 Å². The van der Waals surface area contributed by atoms with Crippen molar-refractivity contribution in [2.75, 3.05) is 19.8 Å². The van der Waals surface area contributed by atoms with E-state index >= 15 is 0 Å². The van der Waals surface area contributed by atoms with Gasteiger partial charge in [0, 0.05) is 35.7 Å². The van der Waals surface area contributed by atoms with Crippen LogP contribution in [0.1, 0.15) is 24.4 Å². The van der Waals surface area contributed by atoms with Gasteiger partial charge in [-0.1, -0.05) is 18.2 Å². The predicted octanol–water partition coefficient (Wildman–Crippen LogP) is 6.13. The van der Waals surface area contributed by atoms with Gasteiger partial charge in [-0.25, -0.2) is 0 Å². The van der Waals surface area contributed by atoms with Gasteiger partial charge in [0.15, 0.2) is 12.0 Å². The highest BCUT2D eigenvalue weighted by Crippen LogP contribution is 2.39. The van der Waals surface area contributed by atoms with Crippen molar-refractivity contribution in [1.29, 1.82) is 5.26 Å². The lowest BCUT2D eigenvalue weighted by Gasteiger charge is -2.28. The van der Waals surface area contributed by atoms with Crippen molar-refractivity contribution in [3.05, 3.63) is 70.4 Å². The number of hydrogen-bond donors (Lipinski definition) is 1. The zero-order valence-corrected chi connectivity index (χ0v) is 22.5. The summed E-state index contributed by atoms with van der Waals surface area (Å²) in [6.07, 6.45) is -3.57. The molecule has 1 saturated heterocycles. The van der Waals surface area contributed by atoms with Crippen LogP contribution in [0.4, 0.5) is 17.1 Å². The highest BCUT2D eigenvalue weighted by atomic mass is 32.3. The number of aromatic nitrogens is 2. The number of benzene rings is 3. The molecule has 42 heavy (non-hydrogen) atoms. The zero-order chi connectivity index (χ0) is 29.8. The van der Waals surface area contributed by atoms with Crippen molar-refractivity contribution < 1.29 is 34.9 Å². The molecule has 3 aromatic carbocycles. The summed E-state index contributed by atoms with van der Waals surface area (Å²) in [4.78, 5) is 16.6. The van der Waals surface area contributed by atoms with Gasteiger partial charge in [0.05, 0.1) is 32.8 Å². The van der Waals surface area contributed by atoms with E-state index in [1.165, 1.54) is 24.3 Å². The number of nitrogens with zero attached hydrogens (tertiary/aromatic N) is 2. The molecule has 1 fully saturated rings. The molecule has 0 bridgehead atoms. The normalized spacial score (nSPS) is 14.9. The topological polar surface area (TPSA) is 114 Å². The van der Waals surface area contributed by atoms with Gasteiger partial charge < -0.3 is 19.0 Å². The second-order valence-electron chi connectivity index (χ2n) is 10.00. The molecule has 0 aliphatic carbocycles. The van der Waals surface area contributed by atoms with Gasteiger partial charge in [0.1, 0.15) is 11.4 Å². The first-order valence-electron chi connectivity index (χ1n) is 12.8. The fraction of sp³-hybridized carbons (Fsp3) is 0.241. The van der Waals surface area contributed by atoms with E-state index in [2.05, 4.69) is 11.1 Å². The Hall–Kier alpha value is -4.41. The van der Waals surface area contributed by atoms with Crippen LogP contribution in [-0.4, -0.2) is 44.0 Å². The van der Waals surface area contributed by atoms with Crippen LogP contribution in [0, 0.1) is 11.3 Å². The summed E-state index contributed by atoms with van der Waals surface area (Å²) in [5.74, 6) is -0.324. The SMILES string of the molecule is N#Cc1ccc2c(c1)[nH]c1c2c(=O)c2cc(OCC(F)(F)F)c(-c3cccc(S(=O)(=O)F)c3)cc2n1C1CCOCC1. The van der Waals surface area contributed by atoms with Crippen LogP contribution in [0.3, 0.4) is 0 Å². The first-order chi connectivity index (χ1) is 19.9. The summed E-state index contributed by atoms with van der Waals surface area (Å²) in [5.41, 5.74) is 1.37. The molecule has 13 heteroatoms. The van der Waals surface area contributed by atoms with Crippen molar-refractivity contribution in [2.45, 2.75) is 30.0 Å². The maximum absolute atomic E-state index is 14.0. The number of aromatic amines is 1. The smallest absolute Gasteiger partial charge is 0.422 e. The first-order valence-corrected chi connectivity index (χ1v) is 14.2. The summed E-state index contributed by atoms with van der Waals surface area (Å²) in [6, 6.07) is 14.1. The van der Waals surface area contributed by atoms with Crippen molar-refractivity contribution >= 4 is 43.1 Å². The Morgan fingerprint density at radius 3 is 2.52 bits per heavy atom. The summed E-state index contributed by atoms with van der Waals surface area (Å²) >= 11 is 0. The van der Waals surface area contributed by atoms with Crippen LogP contribution in [0.2, 0.25) is 0 Å². The Morgan fingerprint density at radius 2 is 1.83 bits per heavy atom. The highest BCUT2D eigenvalue weighted by Gasteiger charge is 2.30. The molecule has 0 saturated carbocycles. The van der Waals surface area contributed by atoms with E-state index in [4.69, 9.17) is 9.47 Å². The van der Waals surface area contributed by atoms with E-state index in [1.54, 1.807) is 18.2 Å². The molecule has 0 unspecified atom stereocenters. The maximum Gasteiger partial charge on any atom is 0.422 e. The molecule has 216 valence electrons. The van der Waals surface area contributed by atoms with Crippen LogP contribution in [0.15, 0.2) is 64.3 Å². The highest BCUT2D eigenvalue weighted by molar-refractivity contribution is 7.86. The number of rotatable bonds is 5. The molecule has 1 N–H and O–H groups in total. The van der Waals surface area contributed by atoms with Crippen molar-refractivity contribution in [2.24, 2.45) is 0 Å². The van der Waals surface area contributed by atoms with Crippen LogP contribution < -0.4 is 10.2 Å². The van der Waals surface area contributed by atoms with Gasteiger partial charge in [-0.15, -0.1) is 3.89 Å². The van der Waals surface area contributed by atoms with E-state index in [-0.39, 0.29) is 28.3 Å². The number of fused-ring (bicyclic) bond motifs is 4. The molecule has 1 aliphatic rings. The van der Waals surface area contributed by atoms with Crippen LogP contribution >= 0.6 is 0 Å². The van der Waals surface area contributed by atoms with Gasteiger partial charge in [-0.2, -0.15) is 26.9 Å². The lowest BCUT2D eigenvalue weighted by molar-refractivity contribution is -0.153. The fourth-order valence-corrected chi connectivity index (χ4v) is 6.02. The van der Waals surface area contributed by atoms with Crippen LogP contribution in [-0.2, 0) is 15.0 Å². The second-order valence-corrected chi connectivity index (χ2v) is 11.3. The maximum atomic E-state index is 14.0. The third kappa shape index (κ3) is 4.97. The van der Waals surface area contributed by atoms with Gasteiger partial charge in [-0.3, -0.25) is 4.79 Å². The van der Waals surface area contributed by atoms with E-state index in [0.29, 0.717) is 59.1 Å². The standard InChI is InChI=1S/C29H21F4N3O5S/c30-29(31,32)15-41-25-13-22-24(12-21(25)17-2-1-3-19(11-17)42(33,38)39)36(18-6-8-40-9-7-18)28-26(27(22)37)20-5-4-16(14-34)10-23(20)35-28/h1-5,10-13,18,35H,6-9,15H2. The van der Waals surface area contributed by atoms with E-state index < -0.39 is 33.3 Å². The van der Waals surface area contributed by atoms with Gasteiger partial charge in [-0.05, 0) is 54.8 Å². The lowest BCUT2D eigenvalue weighted by Crippen LogP contribution is -2.23. The molecule has 0 atom stereocenters. The van der Waals surface area contributed by atoms with Gasteiger partial charge in [0.25, 0.3) is 0 Å². The number of halogens is 4. The van der Waals surface area contributed by atoms with Crippen LogP contribution in [0.25, 0.3) is 44.0 Å². The number of nitrogens with one attached hydrogen (secondary N) is 1. The Bertz CT molecular complexity index is 2090. The fourth-order valence-electron chi connectivity index (χ4n) is 5.51. The molecule has 6 rings (SSSR count). The largest absolute Gasteiger partial charge is 0.483 e. The Labute approximate surface area is 235 Å². The predicted molar refractivity (Wildman–Crippen MR) is 147 cm³/mol. The molecule has 1 aliphatic heterocycles. The summed E-state index contributed by atoms with van der Waals surface area (Å²) in [6.45, 7) is -0.795. The minimum absolute atomic E-state index is 0.0414. The molecule has 2 aromatic heterocycles. The summed E-state index contributed by atoms with van der Waals surface area (Å²) < 4.78 is 89.4. The molecule has 0 spiro atoms. The Morgan fingerprint density at radius 1 is 1.07 bits per heavy atom. The van der Waals surface area contributed by atoms with E-state index in [0.717, 1.165) is 12.1 Å². The van der Waals surface area contributed by atoms with Crippen LogP contribution in [0.5, 0.6) is 5.75 Å². The van der Waals surface area contributed by atoms with E-state index in [9.17, 15) is 35.5 Å². The number of ether oxygens (including phenoxy) is 2. The van der Waals surface area contributed by atoms with Crippen molar-refractivity contribution in [3.63, 3.8) is 0 Å². The quantitative estimate of drug-likeness (QED) is 0.192. The Balaban J connectivity index is 1.72. The number of hydrogen-bond acceptors (Lipinski definition) is 6. The molecule has 8 nitrogen and oxygen atoms in total. The number of alkyl halides is 3. The number of H-pyrrole nitrogens is 1. The van der Waals surface area contributed by atoms with Gasteiger partial charge >= 0.3 is 16.4 Å². The molecular weight excluding hydrogens is 578 g/mol. The average Bonchev–Trinajstić information content (AvgIpc) is 3.34. The number of nitriles is 1. The summed E-state index contributed by atoms with van der Waals surface area (Å²) in [7, 11) is -5.12.